The first-order valence-electron chi connectivity index (χ1n) is 9.82. The number of nitrogens with zero attached hydrogens (tertiary/aromatic N) is 1. The van der Waals surface area contributed by atoms with Crippen LogP contribution in [-0.2, 0) is 0 Å². The van der Waals surface area contributed by atoms with Crippen LogP contribution in [0, 0.1) is 0 Å². The third-order valence-electron chi connectivity index (χ3n) is 4.91. The molecule has 0 aliphatic carbocycles. The number of carbonyl (C=O) groups excluding carboxylic acids is 1. The average molecular weight is 380 g/mol. The van der Waals surface area contributed by atoms with E-state index in [9.17, 15) is 4.79 Å². The van der Waals surface area contributed by atoms with Crippen molar-refractivity contribution in [1.82, 2.24) is 9.88 Å². The molecule has 1 aromatic heterocycles. The average Bonchev–Trinajstić information content (AvgIpc) is 3.14. The van der Waals surface area contributed by atoms with E-state index in [0.29, 0.717) is 35.7 Å². The highest BCUT2D eigenvalue weighted by molar-refractivity contribution is 6.12. The number of H-pyrrole nitrogens is 1. The quantitative estimate of drug-likeness (QED) is 0.584. The fourth-order valence-corrected chi connectivity index (χ4v) is 3.54. The molecular formula is C23H29N3O2. The number of hydrogen-bond acceptors (Lipinski definition) is 3. The Morgan fingerprint density at radius 1 is 1.04 bits per heavy atom. The van der Waals surface area contributed by atoms with Gasteiger partial charge in [-0.3, -0.25) is 9.69 Å². The molecule has 0 spiro atoms. The van der Waals surface area contributed by atoms with Crippen LogP contribution in [0.4, 0.5) is 5.69 Å². The summed E-state index contributed by atoms with van der Waals surface area (Å²) >= 11 is 0. The van der Waals surface area contributed by atoms with E-state index in [4.69, 9.17) is 4.74 Å². The van der Waals surface area contributed by atoms with Crippen LogP contribution < -0.4 is 10.1 Å². The van der Waals surface area contributed by atoms with Crippen LogP contribution >= 0.6 is 0 Å². The van der Waals surface area contributed by atoms with E-state index in [1.165, 1.54) is 0 Å². The van der Waals surface area contributed by atoms with Crippen LogP contribution in [-0.4, -0.2) is 41.0 Å². The molecule has 2 aromatic carbocycles. The van der Waals surface area contributed by atoms with Crippen LogP contribution in [0.15, 0.2) is 54.7 Å². The van der Waals surface area contributed by atoms with Crippen molar-refractivity contribution in [2.75, 3.05) is 18.5 Å². The molecular weight excluding hydrogens is 350 g/mol. The molecule has 1 amide bonds. The Morgan fingerprint density at radius 2 is 1.79 bits per heavy atom. The van der Waals surface area contributed by atoms with E-state index in [1.807, 2.05) is 54.7 Å². The lowest BCUT2D eigenvalue weighted by Gasteiger charge is -2.30. The topological polar surface area (TPSA) is 57.4 Å². The number of hydrogen-bond donors (Lipinski definition) is 2. The molecule has 28 heavy (non-hydrogen) atoms. The van der Waals surface area contributed by atoms with Gasteiger partial charge in [0.1, 0.15) is 12.4 Å². The number of aromatic amines is 1. The molecule has 0 saturated heterocycles. The molecule has 0 unspecified atom stereocenters. The maximum Gasteiger partial charge on any atom is 0.256 e. The Kier molecular flexibility index (Phi) is 6.37. The van der Waals surface area contributed by atoms with Gasteiger partial charge in [-0.05, 0) is 58.0 Å². The Bertz CT molecular complexity index is 922. The van der Waals surface area contributed by atoms with E-state index in [1.54, 1.807) is 0 Å². The SMILES string of the molecule is CC(C)N(CCOc1ccccc1NC(=O)c1cccc2[nH]ccc12)C(C)C. The highest BCUT2D eigenvalue weighted by Crippen LogP contribution is 2.26. The van der Waals surface area contributed by atoms with Gasteiger partial charge in [-0.25, -0.2) is 0 Å². The summed E-state index contributed by atoms with van der Waals surface area (Å²) in [4.78, 5) is 18.4. The molecule has 148 valence electrons. The first kappa shape index (κ1) is 20.0. The number of carbonyl (C=O) groups is 1. The molecule has 0 aliphatic rings. The third kappa shape index (κ3) is 4.54. The summed E-state index contributed by atoms with van der Waals surface area (Å²) in [5.41, 5.74) is 2.26. The predicted octanol–water partition coefficient (Wildman–Crippen LogP) is 4.92. The number of amides is 1. The van der Waals surface area contributed by atoms with Crippen molar-refractivity contribution < 1.29 is 9.53 Å². The molecule has 0 fully saturated rings. The summed E-state index contributed by atoms with van der Waals surface area (Å²) in [5, 5.41) is 3.91. The molecule has 0 bridgehead atoms. The lowest BCUT2D eigenvalue weighted by molar-refractivity contribution is 0.102. The van der Waals surface area contributed by atoms with Crippen LogP contribution in [0.2, 0.25) is 0 Å². The van der Waals surface area contributed by atoms with Gasteiger partial charge >= 0.3 is 0 Å². The Labute approximate surface area is 166 Å². The molecule has 3 rings (SSSR count). The number of benzene rings is 2. The highest BCUT2D eigenvalue weighted by atomic mass is 16.5. The first-order chi connectivity index (χ1) is 13.5. The van der Waals surface area contributed by atoms with Crippen LogP contribution in [0.5, 0.6) is 5.75 Å². The summed E-state index contributed by atoms with van der Waals surface area (Å²) in [5.74, 6) is 0.539. The minimum absolute atomic E-state index is 0.146. The van der Waals surface area contributed by atoms with Gasteiger partial charge in [-0.1, -0.05) is 18.2 Å². The third-order valence-corrected chi connectivity index (χ3v) is 4.91. The maximum atomic E-state index is 12.9. The highest BCUT2D eigenvalue weighted by Gasteiger charge is 2.15. The van der Waals surface area contributed by atoms with Crippen molar-refractivity contribution in [2.45, 2.75) is 39.8 Å². The number of fused-ring (bicyclic) bond motifs is 1. The zero-order valence-electron chi connectivity index (χ0n) is 17.0. The van der Waals surface area contributed by atoms with Crippen molar-refractivity contribution in [3.8, 4) is 5.75 Å². The van der Waals surface area contributed by atoms with Crippen molar-refractivity contribution in [2.24, 2.45) is 0 Å². The van der Waals surface area contributed by atoms with Gasteiger partial charge in [0.2, 0.25) is 0 Å². The van der Waals surface area contributed by atoms with Crippen molar-refractivity contribution >= 4 is 22.5 Å². The second-order valence-electron chi connectivity index (χ2n) is 7.47. The van der Waals surface area contributed by atoms with E-state index in [-0.39, 0.29) is 5.91 Å². The molecule has 0 radical (unpaired) electrons. The number of rotatable bonds is 8. The molecule has 5 nitrogen and oxygen atoms in total. The second-order valence-corrected chi connectivity index (χ2v) is 7.47. The minimum Gasteiger partial charge on any atom is -0.490 e. The van der Waals surface area contributed by atoms with Gasteiger partial charge in [0.05, 0.1) is 5.69 Å². The van der Waals surface area contributed by atoms with Crippen LogP contribution in [0.1, 0.15) is 38.1 Å². The van der Waals surface area contributed by atoms with Gasteiger partial charge in [0, 0.05) is 41.3 Å². The van der Waals surface area contributed by atoms with E-state index in [2.05, 4.69) is 42.9 Å². The number of ether oxygens (including phenoxy) is 1. The lowest BCUT2D eigenvalue weighted by Crippen LogP contribution is -2.39. The number of aromatic nitrogens is 1. The smallest absolute Gasteiger partial charge is 0.256 e. The number of para-hydroxylation sites is 2. The lowest BCUT2D eigenvalue weighted by atomic mass is 10.1. The summed E-state index contributed by atoms with van der Waals surface area (Å²) in [6.45, 7) is 10.2. The van der Waals surface area contributed by atoms with Gasteiger partial charge in [-0.2, -0.15) is 0 Å². The van der Waals surface area contributed by atoms with Crippen LogP contribution in [0.3, 0.4) is 0 Å². The Balaban J connectivity index is 1.70. The van der Waals surface area contributed by atoms with Crippen LogP contribution in [0.25, 0.3) is 10.9 Å². The largest absolute Gasteiger partial charge is 0.490 e. The standard InChI is InChI=1S/C23H29N3O2/c1-16(2)26(17(3)4)14-15-28-22-11-6-5-9-21(22)25-23(27)19-8-7-10-20-18(19)12-13-24-20/h5-13,16-17,24H,14-15H2,1-4H3,(H,25,27). The summed E-state index contributed by atoms with van der Waals surface area (Å²) in [7, 11) is 0. The number of anilines is 1. The summed E-state index contributed by atoms with van der Waals surface area (Å²) < 4.78 is 6.01. The second kappa shape index (κ2) is 8.93. The van der Waals surface area contributed by atoms with Gasteiger partial charge in [0.25, 0.3) is 5.91 Å². The molecule has 2 N–H and O–H groups in total. The Hall–Kier alpha value is -2.79. The normalized spacial score (nSPS) is 11.5. The first-order valence-corrected chi connectivity index (χ1v) is 9.82. The summed E-state index contributed by atoms with van der Waals surface area (Å²) in [6.07, 6.45) is 1.84. The minimum atomic E-state index is -0.146. The molecule has 0 atom stereocenters. The fourth-order valence-electron chi connectivity index (χ4n) is 3.54. The van der Waals surface area contributed by atoms with E-state index >= 15 is 0 Å². The van der Waals surface area contributed by atoms with E-state index < -0.39 is 0 Å². The molecule has 5 heteroatoms. The molecule has 3 aromatic rings. The molecule has 0 saturated carbocycles. The van der Waals surface area contributed by atoms with Gasteiger partial charge in [0.15, 0.2) is 0 Å². The van der Waals surface area contributed by atoms with Gasteiger partial charge in [-0.15, -0.1) is 0 Å². The maximum absolute atomic E-state index is 12.9. The molecule has 0 aliphatic heterocycles. The Morgan fingerprint density at radius 3 is 2.54 bits per heavy atom. The summed E-state index contributed by atoms with van der Waals surface area (Å²) in [6, 6.07) is 16.1. The predicted molar refractivity (Wildman–Crippen MR) is 115 cm³/mol. The van der Waals surface area contributed by atoms with Crippen molar-refractivity contribution in [3.63, 3.8) is 0 Å². The van der Waals surface area contributed by atoms with Gasteiger partial charge < -0.3 is 15.0 Å². The molecule has 1 heterocycles. The van der Waals surface area contributed by atoms with Crippen molar-refractivity contribution in [1.29, 1.82) is 0 Å². The number of nitrogens with one attached hydrogen (secondary N) is 2. The monoisotopic (exact) mass is 379 g/mol. The van der Waals surface area contributed by atoms with E-state index in [0.717, 1.165) is 17.4 Å². The van der Waals surface area contributed by atoms with Crippen molar-refractivity contribution in [3.05, 3.63) is 60.3 Å². The zero-order valence-corrected chi connectivity index (χ0v) is 17.0. The fraction of sp³-hybridized carbons (Fsp3) is 0.348. The zero-order chi connectivity index (χ0) is 20.1.